The van der Waals surface area contributed by atoms with E-state index in [4.69, 9.17) is 9.84 Å². The summed E-state index contributed by atoms with van der Waals surface area (Å²) >= 11 is 0. The third-order valence-corrected chi connectivity index (χ3v) is 4.47. The van der Waals surface area contributed by atoms with Gasteiger partial charge in [0.2, 0.25) is 0 Å². The first-order valence-electron chi connectivity index (χ1n) is 9.98. The zero-order valence-electron chi connectivity index (χ0n) is 16.6. The summed E-state index contributed by atoms with van der Waals surface area (Å²) in [5.41, 5.74) is 0. The van der Waals surface area contributed by atoms with Gasteiger partial charge in [-0.05, 0) is 32.1 Å². The molecule has 0 spiro atoms. The van der Waals surface area contributed by atoms with Gasteiger partial charge in [0.25, 0.3) is 0 Å². The molecule has 0 saturated carbocycles. The van der Waals surface area contributed by atoms with E-state index in [0.717, 1.165) is 19.3 Å². The molecule has 1 heterocycles. The lowest BCUT2D eigenvalue weighted by Gasteiger charge is -2.16. The fourth-order valence-electron chi connectivity index (χ4n) is 2.87. The van der Waals surface area contributed by atoms with Crippen molar-refractivity contribution in [2.24, 2.45) is 0 Å². The maximum atomic E-state index is 10.5. The largest absolute Gasteiger partial charge is 0.481 e. The Morgan fingerprint density at radius 3 is 2.36 bits per heavy atom. The number of hydrogen-bond donors (Lipinski definition) is 4. The van der Waals surface area contributed by atoms with Gasteiger partial charge in [0.1, 0.15) is 0 Å². The van der Waals surface area contributed by atoms with Crippen molar-refractivity contribution < 1.29 is 30.0 Å². The highest BCUT2D eigenvalue weighted by atomic mass is 16.5. The first-order chi connectivity index (χ1) is 13.4. The molecule has 1 aliphatic rings. The Balaban J connectivity index is 2.32. The highest BCUT2D eigenvalue weighted by Crippen LogP contribution is 2.26. The molecule has 1 saturated heterocycles. The first-order valence-corrected chi connectivity index (χ1v) is 9.98. The molecule has 1 aliphatic heterocycles. The van der Waals surface area contributed by atoms with E-state index < -0.39 is 30.4 Å². The zero-order chi connectivity index (χ0) is 20.8. The number of carboxylic acids is 1. The molecule has 0 aromatic carbocycles. The molecule has 4 N–H and O–H groups in total. The molecule has 6 nitrogen and oxygen atoms in total. The van der Waals surface area contributed by atoms with E-state index in [2.05, 4.69) is 31.2 Å². The van der Waals surface area contributed by atoms with E-state index in [-0.39, 0.29) is 18.9 Å². The molecular weight excluding hydrogens is 360 g/mol. The summed E-state index contributed by atoms with van der Waals surface area (Å²) in [5.74, 6) is -0.977. The van der Waals surface area contributed by atoms with Crippen molar-refractivity contribution in [2.75, 3.05) is 0 Å². The molecule has 0 bridgehead atoms. The van der Waals surface area contributed by atoms with Crippen LogP contribution in [0.25, 0.3) is 0 Å². The minimum absolute atomic E-state index is 0.0868. The molecule has 158 valence electrons. The van der Waals surface area contributed by atoms with Gasteiger partial charge in [-0.15, -0.1) is 0 Å². The Bertz CT molecular complexity index is 551. The SMILES string of the molecule is CC/C=C\C/C=C\C/C=C\C[C@H]1O[C@H]([C@@H](O)/C=C/[C@H](O)CCC(=O)O)C[C@@H]1O. The van der Waals surface area contributed by atoms with E-state index in [9.17, 15) is 20.1 Å². The standard InChI is InChI=1S/C22H34O6/c1-2-3-4-5-6-7-8-9-10-11-20-19(25)16-21(28-20)18(24)14-12-17(23)13-15-22(26)27/h3-4,6-7,9-10,12,14,17-21,23-25H,2,5,8,11,13,15-16H2,1H3,(H,26,27)/b4-3-,7-6-,10-9-,14-12+/t17-,18-,19-,20+,21-/m0/s1. The summed E-state index contributed by atoms with van der Waals surface area (Å²) < 4.78 is 5.73. The van der Waals surface area contributed by atoms with Crippen molar-refractivity contribution in [1.29, 1.82) is 0 Å². The number of carboxylic acid groups (broad SMARTS) is 1. The minimum atomic E-state index is -0.977. The predicted molar refractivity (Wildman–Crippen MR) is 109 cm³/mol. The second kappa shape index (κ2) is 14.3. The molecule has 0 aromatic rings. The highest BCUT2D eigenvalue weighted by Gasteiger charge is 2.36. The number of rotatable bonds is 13. The molecule has 0 radical (unpaired) electrons. The molecular formula is C22H34O6. The van der Waals surface area contributed by atoms with E-state index in [1.165, 1.54) is 12.2 Å². The molecule has 0 aliphatic carbocycles. The Morgan fingerprint density at radius 1 is 1.07 bits per heavy atom. The number of hydrogen-bond acceptors (Lipinski definition) is 5. The minimum Gasteiger partial charge on any atom is -0.481 e. The molecule has 5 atom stereocenters. The van der Waals surface area contributed by atoms with Gasteiger partial charge >= 0.3 is 5.97 Å². The van der Waals surface area contributed by atoms with E-state index in [0.29, 0.717) is 12.8 Å². The summed E-state index contributed by atoms with van der Waals surface area (Å²) in [5, 5.41) is 38.5. The Labute approximate surface area is 167 Å². The molecule has 0 amide bonds. The van der Waals surface area contributed by atoms with Crippen molar-refractivity contribution in [3.05, 3.63) is 48.6 Å². The van der Waals surface area contributed by atoms with Gasteiger partial charge in [-0.1, -0.05) is 55.5 Å². The van der Waals surface area contributed by atoms with Crippen LogP contribution < -0.4 is 0 Å². The van der Waals surface area contributed by atoms with Gasteiger partial charge in [-0.3, -0.25) is 4.79 Å². The summed E-state index contributed by atoms with van der Waals surface area (Å²) in [7, 11) is 0. The lowest BCUT2D eigenvalue weighted by molar-refractivity contribution is -0.137. The lowest BCUT2D eigenvalue weighted by Crippen LogP contribution is -2.24. The molecule has 6 heteroatoms. The van der Waals surface area contributed by atoms with Crippen molar-refractivity contribution in [3.8, 4) is 0 Å². The summed E-state index contributed by atoms with van der Waals surface area (Å²) in [6, 6.07) is 0. The molecule has 1 rings (SSSR count). The molecule has 1 fully saturated rings. The van der Waals surface area contributed by atoms with Crippen LogP contribution in [-0.2, 0) is 9.53 Å². The summed E-state index contributed by atoms with van der Waals surface area (Å²) in [6.45, 7) is 2.11. The summed E-state index contributed by atoms with van der Waals surface area (Å²) in [4.78, 5) is 10.5. The number of carbonyl (C=O) groups is 1. The maximum Gasteiger partial charge on any atom is 0.303 e. The van der Waals surface area contributed by atoms with Crippen LogP contribution in [-0.4, -0.2) is 56.9 Å². The third-order valence-electron chi connectivity index (χ3n) is 4.47. The van der Waals surface area contributed by atoms with E-state index in [1.54, 1.807) is 0 Å². The quantitative estimate of drug-likeness (QED) is 0.358. The fraction of sp³-hybridized carbons (Fsp3) is 0.591. The first kappa shape index (κ1) is 24.3. The lowest BCUT2D eigenvalue weighted by atomic mass is 10.0. The second-order valence-electron chi connectivity index (χ2n) is 6.92. The van der Waals surface area contributed by atoms with E-state index >= 15 is 0 Å². The number of allylic oxidation sites excluding steroid dienone is 5. The number of aliphatic carboxylic acids is 1. The molecule has 0 unspecified atom stereocenters. The van der Waals surface area contributed by atoms with Crippen LogP contribution in [0.5, 0.6) is 0 Å². The fourth-order valence-corrected chi connectivity index (χ4v) is 2.87. The van der Waals surface area contributed by atoms with Crippen LogP contribution in [0.15, 0.2) is 48.6 Å². The van der Waals surface area contributed by atoms with Crippen LogP contribution in [0.2, 0.25) is 0 Å². The van der Waals surface area contributed by atoms with Gasteiger partial charge in [0.05, 0.1) is 30.5 Å². The van der Waals surface area contributed by atoms with Crippen molar-refractivity contribution in [1.82, 2.24) is 0 Å². The highest BCUT2D eigenvalue weighted by molar-refractivity contribution is 5.66. The summed E-state index contributed by atoms with van der Waals surface area (Å²) in [6.07, 6.45) is 15.5. The van der Waals surface area contributed by atoms with Gasteiger partial charge in [-0.2, -0.15) is 0 Å². The van der Waals surface area contributed by atoms with Crippen LogP contribution in [0.3, 0.4) is 0 Å². The average molecular weight is 395 g/mol. The number of ether oxygens (including phenoxy) is 1. The van der Waals surface area contributed by atoms with E-state index in [1.807, 2.05) is 12.2 Å². The average Bonchev–Trinajstić information content (AvgIpc) is 3.03. The zero-order valence-corrected chi connectivity index (χ0v) is 16.6. The Hall–Kier alpha value is -1.73. The number of aliphatic hydroxyl groups is 3. The second-order valence-corrected chi connectivity index (χ2v) is 6.92. The van der Waals surface area contributed by atoms with Crippen LogP contribution in [0.1, 0.15) is 51.9 Å². The van der Waals surface area contributed by atoms with Gasteiger partial charge < -0.3 is 25.2 Å². The smallest absolute Gasteiger partial charge is 0.303 e. The molecule has 28 heavy (non-hydrogen) atoms. The predicted octanol–water partition coefficient (Wildman–Crippen LogP) is 2.90. The van der Waals surface area contributed by atoms with Crippen LogP contribution >= 0.6 is 0 Å². The van der Waals surface area contributed by atoms with Gasteiger partial charge in [-0.25, -0.2) is 0 Å². The van der Waals surface area contributed by atoms with Crippen LogP contribution in [0, 0.1) is 0 Å². The monoisotopic (exact) mass is 394 g/mol. The third kappa shape index (κ3) is 10.6. The normalized spacial score (nSPS) is 25.5. The Morgan fingerprint density at radius 2 is 1.71 bits per heavy atom. The van der Waals surface area contributed by atoms with Gasteiger partial charge in [0, 0.05) is 12.8 Å². The topological polar surface area (TPSA) is 107 Å². The van der Waals surface area contributed by atoms with Crippen molar-refractivity contribution in [3.63, 3.8) is 0 Å². The Kier molecular flexibility index (Phi) is 12.4. The van der Waals surface area contributed by atoms with Crippen molar-refractivity contribution in [2.45, 2.75) is 82.4 Å². The number of aliphatic hydroxyl groups excluding tert-OH is 3. The van der Waals surface area contributed by atoms with Crippen LogP contribution in [0.4, 0.5) is 0 Å². The van der Waals surface area contributed by atoms with Crippen molar-refractivity contribution >= 4 is 5.97 Å². The van der Waals surface area contributed by atoms with Gasteiger partial charge in [0.15, 0.2) is 0 Å². The molecule has 0 aromatic heterocycles. The maximum absolute atomic E-state index is 10.5.